The molecule has 15 heavy (non-hydrogen) atoms. The van der Waals surface area contributed by atoms with Gasteiger partial charge in [0.05, 0.1) is 4.47 Å². The highest BCUT2D eigenvalue weighted by molar-refractivity contribution is 9.10. The molecule has 1 atom stereocenters. The number of hydrogen-bond donors (Lipinski definition) is 0. The second-order valence-corrected chi connectivity index (χ2v) is 5.13. The molecule has 1 aliphatic heterocycles. The SMILES string of the molecule is CC1CCN(Cc2cccc(F)c2Br)C1. The number of halogens is 2. The molecule has 1 unspecified atom stereocenters. The molecule has 1 nitrogen and oxygen atoms in total. The van der Waals surface area contributed by atoms with Crippen molar-refractivity contribution >= 4 is 15.9 Å². The molecule has 1 fully saturated rings. The molecule has 0 amide bonds. The Bertz CT molecular complexity index is 353. The summed E-state index contributed by atoms with van der Waals surface area (Å²) in [5, 5.41) is 0. The van der Waals surface area contributed by atoms with Crippen LogP contribution < -0.4 is 0 Å². The van der Waals surface area contributed by atoms with Crippen molar-refractivity contribution in [3.63, 3.8) is 0 Å². The molecule has 2 rings (SSSR count). The first-order valence-corrected chi connectivity index (χ1v) is 6.11. The Balaban J connectivity index is 2.07. The zero-order valence-corrected chi connectivity index (χ0v) is 10.4. The van der Waals surface area contributed by atoms with Crippen LogP contribution in [0.2, 0.25) is 0 Å². The number of rotatable bonds is 2. The molecule has 1 aromatic carbocycles. The standard InChI is InChI=1S/C12H15BrFN/c1-9-5-6-15(7-9)8-10-3-2-4-11(14)12(10)13/h2-4,9H,5-8H2,1H3. The monoisotopic (exact) mass is 271 g/mol. The van der Waals surface area contributed by atoms with Gasteiger partial charge < -0.3 is 0 Å². The van der Waals surface area contributed by atoms with Gasteiger partial charge in [-0.15, -0.1) is 0 Å². The zero-order valence-electron chi connectivity index (χ0n) is 8.84. The highest BCUT2D eigenvalue weighted by Gasteiger charge is 2.19. The lowest BCUT2D eigenvalue weighted by molar-refractivity contribution is 0.319. The van der Waals surface area contributed by atoms with Gasteiger partial charge in [-0.25, -0.2) is 4.39 Å². The first-order chi connectivity index (χ1) is 7.16. The van der Waals surface area contributed by atoms with Crippen LogP contribution in [0.3, 0.4) is 0 Å². The van der Waals surface area contributed by atoms with E-state index in [1.807, 2.05) is 6.07 Å². The maximum atomic E-state index is 13.3. The molecule has 0 spiro atoms. The van der Waals surface area contributed by atoms with Crippen LogP contribution in [0.5, 0.6) is 0 Å². The Hall–Kier alpha value is -0.410. The van der Waals surface area contributed by atoms with Crippen LogP contribution in [-0.4, -0.2) is 18.0 Å². The zero-order chi connectivity index (χ0) is 10.8. The van der Waals surface area contributed by atoms with Gasteiger partial charge >= 0.3 is 0 Å². The molecule has 1 aliphatic rings. The van der Waals surface area contributed by atoms with Crippen LogP contribution >= 0.6 is 15.9 Å². The molecule has 0 radical (unpaired) electrons. The van der Waals surface area contributed by atoms with Crippen molar-refractivity contribution in [2.45, 2.75) is 19.9 Å². The van der Waals surface area contributed by atoms with Crippen molar-refractivity contribution in [3.05, 3.63) is 34.1 Å². The summed E-state index contributed by atoms with van der Waals surface area (Å²) in [6.07, 6.45) is 1.26. The van der Waals surface area contributed by atoms with Crippen molar-refractivity contribution in [1.29, 1.82) is 0 Å². The minimum Gasteiger partial charge on any atom is -0.299 e. The average molecular weight is 272 g/mol. The van der Waals surface area contributed by atoms with Crippen molar-refractivity contribution < 1.29 is 4.39 Å². The normalized spacial score (nSPS) is 22.2. The van der Waals surface area contributed by atoms with Crippen LogP contribution in [0.1, 0.15) is 18.9 Å². The summed E-state index contributed by atoms with van der Waals surface area (Å²) in [7, 11) is 0. The summed E-state index contributed by atoms with van der Waals surface area (Å²) in [5.41, 5.74) is 1.05. The van der Waals surface area contributed by atoms with Crippen LogP contribution in [0.25, 0.3) is 0 Å². The maximum absolute atomic E-state index is 13.3. The van der Waals surface area contributed by atoms with Gasteiger partial charge in [0.1, 0.15) is 5.82 Å². The van der Waals surface area contributed by atoms with E-state index in [2.05, 4.69) is 27.8 Å². The lowest BCUT2D eigenvalue weighted by Gasteiger charge is -2.16. The van der Waals surface area contributed by atoms with Gasteiger partial charge in [-0.05, 0) is 46.4 Å². The van der Waals surface area contributed by atoms with E-state index in [0.29, 0.717) is 4.47 Å². The van der Waals surface area contributed by atoms with E-state index in [1.165, 1.54) is 12.5 Å². The number of likely N-dealkylation sites (tertiary alicyclic amines) is 1. The Kier molecular flexibility index (Phi) is 3.42. The third-order valence-corrected chi connectivity index (χ3v) is 3.82. The highest BCUT2D eigenvalue weighted by atomic mass is 79.9. The largest absolute Gasteiger partial charge is 0.299 e. The van der Waals surface area contributed by atoms with E-state index in [4.69, 9.17) is 0 Å². The molecule has 1 heterocycles. The van der Waals surface area contributed by atoms with Crippen molar-refractivity contribution in [2.75, 3.05) is 13.1 Å². The molecule has 0 bridgehead atoms. The lowest BCUT2D eigenvalue weighted by atomic mass is 10.2. The highest BCUT2D eigenvalue weighted by Crippen LogP contribution is 2.24. The van der Waals surface area contributed by atoms with E-state index in [1.54, 1.807) is 6.07 Å². The third-order valence-electron chi connectivity index (χ3n) is 2.93. The van der Waals surface area contributed by atoms with Crippen molar-refractivity contribution in [1.82, 2.24) is 4.90 Å². The van der Waals surface area contributed by atoms with Gasteiger partial charge in [0.25, 0.3) is 0 Å². The Labute approximate surface area is 98.4 Å². The van der Waals surface area contributed by atoms with Gasteiger partial charge in [0.2, 0.25) is 0 Å². The van der Waals surface area contributed by atoms with Crippen LogP contribution in [-0.2, 0) is 6.54 Å². The molecule has 0 aromatic heterocycles. The van der Waals surface area contributed by atoms with Crippen LogP contribution in [0.15, 0.2) is 22.7 Å². The van der Waals surface area contributed by atoms with E-state index < -0.39 is 0 Å². The third kappa shape index (κ3) is 2.58. The Morgan fingerprint density at radius 1 is 1.53 bits per heavy atom. The minimum atomic E-state index is -0.167. The van der Waals surface area contributed by atoms with Gasteiger partial charge in [-0.2, -0.15) is 0 Å². The topological polar surface area (TPSA) is 3.24 Å². The summed E-state index contributed by atoms with van der Waals surface area (Å²) < 4.78 is 13.9. The number of hydrogen-bond acceptors (Lipinski definition) is 1. The summed E-state index contributed by atoms with van der Waals surface area (Å²) in [5.74, 6) is 0.608. The van der Waals surface area contributed by atoms with E-state index in [9.17, 15) is 4.39 Å². The lowest BCUT2D eigenvalue weighted by Crippen LogP contribution is -2.19. The van der Waals surface area contributed by atoms with Gasteiger partial charge in [-0.3, -0.25) is 4.90 Å². The first kappa shape index (κ1) is 11.1. The molecule has 0 saturated carbocycles. The molecule has 0 aliphatic carbocycles. The minimum absolute atomic E-state index is 0.167. The predicted octanol–water partition coefficient (Wildman–Crippen LogP) is 3.43. The molecule has 1 saturated heterocycles. The summed E-state index contributed by atoms with van der Waals surface area (Å²) >= 11 is 3.30. The van der Waals surface area contributed by atoms with Crippen molar-refractivity contribution in [2.24, 2.45) is 5.92 Å². The molecular weight excluding hydrogens is 257 g/mol. The number of benzene rings is 1. The Morgan fingerprint density at radius 3 is 3.00 bits per heavy atom. The van der Waals surface area contributed by atoms with E-state index in [0.717, 1.165) is 31.1 Å². The fourth-order valence-corrected chi connectivity index (χ4v) is 2.47. The molecule has 0 N–H and O–H groups in total. The second-order valence-electron chi connectivity index (χ2n) is 4.34. The Morgan fingerprint density at radius 2 is 2.33 bits per heavy atom. The van der Waals surface area contributed by atoms with Gasteiger partial charge in [0, 0.05) is 13.1 Å². The smallest absolute Gasteiger partial charge is 0.137 e. The summed E-state index contributed by atoms with van der Waals surface area (Å²) in [6, 6.07) is 5.24. The fraction of sp³-hybridized carbons (Fsp3) is 0.500. The maximum Gasteiger partial charge on any atom is 0.137 e. The summed E-state index contributed by atoms with van der Waals surface area (Å²) in [4.78, 5) is 2.38. The molecule has 1 aromatic rings. The van der Waals surface area contributed by atoms with Gasteiger partial charge in [-0.1, -0.05) is 19.1 Å². The second kappa shape index (κ2) is 4.62. The average Bonchev–Trinajstić information content (AvgIpc) is 2.59. The summed E-state index contributed by atoms with van der Waals surface area (Å²) in [6.45, 7) is 5.37. The first-order valence-electron chi connectivity index (χ1n) is 5.32. The van der Waals surface area contributed by atoms with Gasteiger partial charge in [0.15, 0.2) is 0 Å². The molecular formula is C12H15BrFN. The van der Waals surface area contributed by atoms with Crippen molar-refractivity contribution in [3.8, 4) is 0 Å². The molecule has 82 valence electrons. The number of nitrogens with zero attached hydrogens (tertiary/aromatic N) is 1. The predicted molar refractivity (Wildman–Crippen MR) is 63.2 cm³/mol. The fourth-order valence-electron chi connectivity index (χ4n) is 2.08. The van der Waals surface area contributed by atoms with E-state index in [-0.39, 0.29) is 5.82 Å². The van der Waals surface area contributed by atoms with Crippen LogP contribution in [0, 0.1) is 11.7 Å². The van der Waals surface area contributed by atoms with Crippen LogP contribution in [0.4, 0.5) is 4.39 Å². The quantitative estimate of drug-likeness (QED) is 0.797. The van der Waals surface area contributed by atoms with E-state index >= 15 is 0 Å². The molecule has 3 heteroatoms.